The molecule has 1 aromatic heterocycles. The van der Waals surface area contributed by atoms with Crippen molar-refractivity contribution in [3.05, 3.63) is 11.2 Å². The Bertz CT molecular complexity index is 564. The zero-order valence-electron chi connectivity index (χ0n) is 10.1. The molecule has 1 heterocycles. The van der Waals surface area contributed by atoms with Crippen molar-refractivity contribution in [2.24, 2.45) is 5.73 Å². The molecule has 116 valence electrons. The highest BCUT2D eigenvalue weighted by molar-refractivity contribution is 7.91. The van der Waals surface area contributed by atoms with E-state index in [1.165, 1.54) is 0 Å². The standard InChI is InChI=1S/C8H11F2N3O4S2.ClH/c1-17-6(14)5-7(18-4-12-5)19(15,16)13-3-8(9,10)2-11;/h4,13H,2-3,11H2,1H3;1H. The number of halogens is 3. The Hall–Kier alpha value is -0.880. The van der Waals surface area contributed by atoms with E-state index in [0.29, 0.717) is 11.3 Å². The second-order valence-electron chi connectivity index (χ2n) is 3.36. The first-order valence-corrected chi connectivity index (χ1v) is 7.19. The maximum Gasteiger partial charge on any atom is 0.358 e. The average molecular weight is 352 g/mol. The molecule has 0 aliphatic rings. The normalized spacial score (nSPS) is 11.8. The van der Waals surface area contributed by atoms with Crippen LogP contribution in [0.3, 0.4) is 0 Å². The Kier molecular flexibility index (Phi) is 6.90. The fraction of sp³-hybridized carbons (Fsp3) is 0.500. The molecule has 1 aromatic rings. The number of carbonyl (C=O) groups is 1. The number of methoxy groups -OCH3 is 1. The number of alkyl halides is 2. The van der Waals surface area contributed by atoms with Crippen LogP contribution in [0.1, 0.15) is 10.5 Å². The number of nitrogens with one attached hydrogen (secondary N) is 1. The number of sulfonamides is 1. The molecular formula is C8H12ClF2N3O4S2. The Morgan fingerprint density at radius 2 is 2.20 bits per heavy atom. The van der Waals surface area contributed by atoms with Crippen LogP contribution in [0.5, 0.6) is 0 Å². The van der Waals surface area contributed by atoms with E-state index < -0.39 is 44.9 Å². The number of aromatic nitrogens is 1. The number of thiazole rings is 1. The van der Waals surface area contributed by atoms with Gasteiger partial charge in [0.2, 0.25) is 0 Å². The zero-order valence-corrected chi connectivity index (χ0v) is 12.6. The van der Waals surface area contributed by atoms with Gasteiger partial charge in [-0.1, -0.05) is 0 Å². The van der Waals surface area contributed by atoms with Gasteiger partial charge in [0.25, 0.3) is 15.9 Å². The quantitative estimate of drug-likeness (QED) is 0.709. The summed E-state index contributed by atoms with van der Waals surface area (Å²) in [6, 6.07) is 0. The summed E-state index contributed by atoms with van der Waals surface area (Å²) in [7, 11) is -3.23. The second kappa shape index (κ2) is 7.22. The van der Waals surface area contributed by atoms with Crippen molar-refractivity contribution in [3.63, 3.8) is 0 Å². The van der Waals surface area contributed by atoms with Crippen LogP contribution in [0.4, 0.5) is 8.78 Å². The summed E-state index contributed by atoms with van der Waals surface area (Å²) >= 11 is 0.620. The first-order chi connectivity index (χ1) is 8.73. The first kappa shape index (κ1) is 19.1. The fourth-order valence-electron chi connectivity index (χ4n) is 0.997. The van der Waals surface area contributed by atoms with E-state index in [9.17, 15) is 22.0 Å². The number of hydrogen-bond donors (Lipinski definition) is 2. The number of nitrogens with two attached hydrogens (primary N) is 1. The SMILES string of the molecule is COC(=O)c1ncsc1S(=O)(=O)NCC(F)(F)CN.Cl. The van der Waals surface area contributed by atoms with E-state index in [1.54, 1.807) is 4.72 Å². The van der Waals surface area contributed by atoms with Crippen molar-refractivity contribution in [2.75, 3.05) is 20.2 Å². The van der Waals surface area contributed by atoms with Gasteiger partial charge in [-0.15, -0.1) is 23.7 Å². The van der Waals surface area contributed by atoms with Crippen LogP contribution in [-0.2, 0) is 14.8 Å². The molecule has 0 saturated heterocycles. The van der Waals surface area contributed by atoms with Crippen LogP contribution in [0.15, 0.2) is 9.72 Å². The minimum atomic E-state index is -4.28. The van der Waals surface area contributed by atoms with Gasteiger partial charge in [0.05, 0.1) is 25.7 Å². The molecule has 0 unspecified atom stereocenters. The maximum absolute atomic E-state index is 12.9. The molecule has 0 radical (unpaired) electrons. The predicted molar refractivity (Wildman–Crippen MR) is 69.9 cm³/mol. The Labute approximate surface area is 124 Å². The molecule has 0 fully saturated rings. The molecule has 0 aliphatic carbocycles. The third kappa shape index (κ3) is 4.59. The molecular weight excluding hydrogens is 340 g/mol. The van der Waals surface area contributed by atoms with Gasteiger partial charge in [0, 0.05) is 0 Å². The van der Waals surface area contributed by atoms with Crippen LogP contribution in [0.25, 0.3) is 0 Å². The molecule has 0 amide bonds. The van der Waals surface area contributed by atoms with E-state index in [4.69, 9.17) is 5.73 Å². The monoisotopic (exact) mass is 351 g/mol. The Morgan fingerprint density at radius 3 is 2.70 bits per heavy atom. The smallest absolute Gasteiger partial charge is 0.358 e. The summed E-state index contributed by atoms with van der Waals surface area (Å²) < 4.78 is 54.9. The maximum atomic E-state index is 12.9. The van der Waals surface area contributed by atoms with Crippen molar-refractivity contribution in [1.82, 2.24) is 9.71 Å². The highest BCUT2D eigenvalue weighted by atomic mass is 35.5. The average Bonchev–Trinajstić information content (AvgIpc) is 2.86. The number of nitrogens with zero attached hydrogens (tertiary/aromatic N) is 1. The lowest BCUT2D eigenvalue weighted by Gasteiger charge is -2.14. The van der Waals surface area contributed by atoms with Crippen LogP contribution in [-0.4, -0.2) is 45.5 Å². The molecule has 1 rings (SSSR count). The summed E-state index contributed by atoms with van der Waals surface area (Å²) in [5.74, 6) is -4.34. The zero-order chi connectivity index (χ0) is 14.7. The van der Waals surface area contributed by atoms with Gasteiger partial charge in [-0.2, -0.15) is 0 Å². The number of ether oxygens (including phenoxy) is 1. The van der Waals surface area contributed by atoms with Gasteiger partial charge in [-0.25, -0.2) is 31.7 Å². The minimum Gasteiger partial charge on any atom is -0.464 e. The number of hydrogen-bond acceptors (Lipinski definition) is 7. The minimum absolute atomic E-state index is 0. The van der Waals surface area contributed by atoms with Crippen LogP contribution < -0.4 is 10.5 Å². The Morgan fingerprint density at radius 1 is 1.60 bits per heavy atom. The molecule has 7 nitrogen and oxygen atoms in total. The third-order valence-corrected chi connectivity index (χ3v) is 4.75. The highest BCUT2D eigenvalue weighted by Crippen LogP contribution is 2.21. The molecule has 0 aliphatic heterocycles. The van der Waals surface area contributed by atoms with Gasteiger partial charge in [0.15, 0.2) is 9.90 Å². The fourth-order valence-corrected chi connectivity index (χ4v) is 3.23. The summed E-state index contributed by atoms with van der Waals surface area (Å²) in [5, 5.41) is 0. The van der Waals surface area contributed by atoms with E-state index in [0.717, 1.165) is 12.6 Å². The van der Waals surface area contributed by atoms with Gasteiger partial charge < -0.3 is 10.5 Å². The van der Waals surface area contributed by atoms with E-state index >= 15 is 0 Å². The Balaban J connectivity index is 0.00000361. The van der Waals surface area contributed by atoms with E-state index in [2.05, 4.69) is 9.72 Å². The molecule has 12 heteroatoms. The summed E-state index contributed by atoms with van der Waals surface area (Å²) in [6.45, 7) is -2.16. The molecule has 0 spiro atoms. The lowest BCUT2D eigenvalue weighted by atomic mass is 10.3. The molecule has 0 aromatic carbocycles. The molecule has 20 heavy (non-hydrogen) atoms. The topological polar surface area (TPSA) is 111 Å². The molecule has 0 atom stereocenters. The van der Waals surface area contributed by atoms with Crippen molar-refractivity contribution >= 4 is 39.7 Å². The van der Waals surface area contributed by atoms with Crippen LogP contribution in [0.2, 0.25) is 0 Å². The summed E-state index contributed by atoms with van der Waals surface area (Å²) in [4.78, 5) is 14.8. The molecule has 0 saturated carbocycles. The first-order valence-electron chi connectivity index (χ1n) is 4.83. The van der Waals surface area contributed by atoms with E-state index in [-0.39, 0.29) is 12.4 Å². The van der Waals surface area contributed by atoms with Crippen molar-refractivity contribution in [2.45, 2.75) is 10.1 Å². The van der Waals surface area contributed by atoms with Gasteiger partial charge in [0.1, 0.15) is 0 Å². The summed E-state index contributed by atoms with van der Waals surface area (Å²) in [6.07, 6.45) is 0. The third-order valence-electron chi connectivity index (χ3n) is 1.98. The molecule has 3 N–H and O–H groups in total. The lowest BCUT2D eigenvalue weighted by molar-refractivity contribution is 0.0170. The van der Waals surface area contributed by atoms with Gasteiger partial charge in [-0.05, 0) is 0 Å². The van der Waals surface area contributed by atoms with Crippen molar-refractivity contribution in [3.8, 4) is 0 Å². The number of carbonyl (C=O) groups excluding carboxylic acids is 1. The van der Waals surface area contributed by atoms with Crippen LogP contribution >= 0.6 is 23.7 Å². The highest BCUT2D eigenvalue weighted by Gasteiger charge is 2.32. The lowest BCUT2D eigenvalue weighted by Crippen LogP contribution is -2.41. The summed E-state index contributed by atoms with van der Waals surface area (Å²) in [5.41, 5.74) is 5.44. The van der Waals surface area contributed by atoms with Crippen molar-refractivity contribution < 1.29 is 26.7 Å². The number of esters is 1. The van der Waals surface area contributed by atoms with Crippen LogP contribution in [0, 0.1) is 0 Å². The largest absolute Gasteiger partial charge is 0.464 e. The predicted octanol–water partition coefficient (Wildman–Crippen LogP) is 0.224. The van der Waals surface area contributed by atoms with E-state index in [1.807, 2.05) is 0 Å². The van der Waals surface area contributed by atoms with Crippen molar-refractivity contribution in [1.29, 1.82) is 0 Å². The second-order valence-corrected chi connectivity index (χ2v) is 6.18. The van der Waals surface area contributed by atoms with Gasteiger partial charge >= 0.3 is 5.97 Å². The number of rotatable bonds is 6. The van der Waals surface area contributed by atoms with Gasteiger partial charge in [-0.3, -0.25) is 0 Å². The molecule has 0 bridgehead atoms.